The normalized spacial score (nSPS) is 15.7. The Hall–Kier alpha value is -1.06. The van der Waals surface area contributed by atoms with Crippen molar-refractivity contribution in [2.75, 3.05) is 20.2 Å². The molecule has 1 heterocycles. The predicted octanol–water partition coefficient (Wildman–Crippen LogP) is 2.06. The quantitative estimate of drug-likeness (QED) is 0.821. The smallest absolute Gasteiger partial charge is 0.168 e. The fourth-order valence-electron chi connectivity index (χ4n) is 1.77. The molecule has 0 aromatic heterocycles. The zero-order valence-electron chi connectivity index (χ0n) is 9.34. The van der Waals surface area contributed by atoms with Crippen LogP contribution in [0.3, 0.4) is 0 Å². The first kappa shape index (κ1) is 11.4. The molecule has 1 aromatic carbocycles. The summed E-state index contributed by atoms with van der Waals surface area (Å²) < 4.78 is 5.11. The summed E-state index contributed by atoms with van der Waals surface area (Å²) in [5, 5.41) is 3.58. The molecule has 16 heavy (non-hydrogen) atoms. The molecule has 1 aliphatic heterocycles. The summed E-state index contributed by atoms with van der Waals surface area (Å²) in [5.41, 5.74) is 1.62. The summed E-state index contributed by atoms with van der Waals surface area (Å²) in [5.74, 6) is 0.881. The lowest BCUT2D eigenvalue weighted by atomic mass is 9.90. The monoisotopic (exact) mass is 239 g/mol. The van der Waals surface area contributed by atoms with Crippen molar-refractivity contribution in [1.29, 1.82) is 0 Å². The van der Waals surface area contributed by atoms with E-state index in [4.69, 9.17) is 16.3 Å². The number of Topliss-reactive ketones (excluding diaryl/α,β-unsaturated/α-hetero) is 1. The molecule has 0 unspecified atom stereocenters. The lowest BCUT2D eigenvalue weighted by Crippen LogP contribution is -2.46. The lowest BCUT2D eigenvalue weighted by molar-refractivity contribution is 0.0877. The molecule has 86 valence electrons. The van der Waals surface area contributed by atoms with Gasteiger partial charge in [0.05, 0.1) is 12.1 Å². The Morgan fingerprint density at radius 3 is 2.69 bits per heavy atom. The maximum atomic E-state index is 12.1. The molecule has 0 aliphatic carbocycles. The topological polar surface area (TPSA) is 38.3 Å². The maximum absolute atomic E-state index is 12.1. The maximum Gasteiger partial charge on any atom is 0.168 e. The van der Waals surface area contributed by atoms with E-state index >= 15 is 0 Å². The number of carbonyl (C=O) groups is 1. The Balaban J connectivity index is 2.33. The third kappa shape index (κ3) is 1.93. The van der Waals surface area contributed by atoms with Crippen LogP contribution < -0.4 is 10.1 Å². The number of nitrogens with one attached hydrogen (secondary N) is 1. The van der Waals surface area contributed by atoms with Gasteiger partial charge in [-0.15, -0.1) is 0 Å². The standard InChI is InChI=1S/C12H14ClNO2/c1-7-3-11(16-2)10(13)4-9(7)12(15)8-5-14-6-8/h3-4,8,14H,5-6H2,1-2H3. The van der Waals surface area contributed by atoms with E-state index in [0.717, 1.165) is 18.7 Å². The minimum atomic E-state index is 0.100. The second-order valence-electron chi connectivity index (χ2n) is 4.02. The van der Waals surface area contributed by atoms with Gasteiger partial charge in [0.1, 0.15) is 5.75 Å². The first-order chi connectivity index (χ1) is 7.63. The summed E-state index contributed by atoms with van der Waals surface area (Å²) in [7, 11) is 1.57. The molecule has 1 aliphatic rings. The minimum Gasteiger partial charge on any atom is -0.495 e. The van der Waals surface area contributed by atoms with Gasteiger partial charge < -0.3 is 10.1 Å². The third-order valence-electron chi connectivity index (χ3n) is 2.92. The van der Waals surface area contributed by atoms with Crippen molar-refractivity contribution in [2.24, 2.45) is 5.92 Å². The summed E-state index contributed by atoms with van der Waals surface area (Å²) in [4.78, 5) is 12.1. The van der Waals surface area contributed by atoms with E-state index in [2.05, 4.69) is 5.32 Å². The molecule has 0 atom stereocenters. The van der Waals surface area contributed by atoms with E-state index < -0.39 is 0 Å². The van der Waals surface area contributed by atoms with E-state index in [0.29, 0.717) is 16.3 Å². The zero-order valence-corrected chi connectivity index (χ0v) is 10.1. The molecule has 0 bridgehead atoms. The first-order valence-electron chi connectivity index (χ1n) is 5.22. The highest BCUT2D eigenvalue weighted by Gasteiger charge is 2.27. The predicted molar refractivity (Wildman–Crippen MR) is 63.4 cm³/mol. The highest BCUT2D eigenvalue weighted by molar-refractivity contribution is 6.32. The van der Waals surface area contributed by atoms with E-state index in [1.165, 1.54) is 0 Å². The molecule has 2 rings (SSSR count). The van der Waals surface area contributed by atoms with Gasteiger partial charge in [-0.25, -0.2) is 0 Å². The third-order valence-corrected chi connectivity index (χ3v) is 3.21. The molecule has 1 N–H and O–H groups in total. The molecule has 1 fully saturated rings. The van der Waals surface area contributed by atoms with E-state index in [1.54, 1.807) is 13.2 Å². The largest absolute Gasteiger partial charge is 0.495 e. The molecule has 1 saturated heterocycles. The van der Waals surface area contributed by atoms with Crippen LogP contribution in [-0.2, 0) is 0 Å². The Bertz CT molecular complexity index is 427. The van der Waals surface area contributed by atoms with Crippen LogP contribution in [0.5, 0.6) is 5.75 Å². The highest BCUT2D eigenvalue weighted by Crippen LogP contribution is 2.29. The number of methoxy groups -OCH3 is 1. The van der Waals surface area contributed by atoms with Gasteiger partial charge >= 0.3 is 0 Å². The zero-order chi connectivity index (χ0) is 11.7. The average molecular weight is 240 g/mol. The number of ketones is 1. The van der Waals surface area contributed by atoms with Crippen LogP contribution in [0.4, 0.5) is 0 Å². The van der Waals surface area contributed by atoms with Gasteiger partial charge in [-0.1, -0.05) is 11.6 Å². The molecule has 0 amide bonds. The van der Waals surface area contributed by atoms with Gasteiger partial charge in [-0.2, -0.15) is 0 Å². The highest BCUT2D eigenvalue weighted by atomic mass is 35.5. The lowest BCUT2D eigenvalue weighted by Gasteiger charge is -2.26. The van der Waals surface area contributed by atoms with Gasteiger partial charge in [0, 0.05) is 24.6 Å². The van der Waals surface area contributed by atoms with E-state index in [-0.39, 0.29) is 11.7 Å². The van der Waals surface area contributed by atoms with Crippen LogP contribution in [0.15, 0.2) is 12.1 Å². The number of hydrogen-bond donors (Lipinski definition) is 1. The van der Waals surface area contributed by atoms with Crippen molar-refractivity contribution >= 4 is 17.4 Å². The molecule has 1 aromatic rings. The Kier molecular flexibility index (Phi) is 3.17. The average Bonchev–Trinajstić information content (AvgIpc) is 2.18. The number of ether oxygens (including phenoxy) is 1. The number of rotatable bonds is 3. The van der Waals surface area contributed by atoms with Crippen LogP contribution in [0, 0.1) is 12.8 Å². The Morgan fingerprint density at radius 2 is 2.19 bits per heavy atom. The number of aryl methyl sites for hydroxylation is 1. The molecule has 0 radical (unpaired) electrons. The molecule has 3 nitrogen and oxygen atoms in total. The van der Waals surface area contributed by atoms with Crippen molar-refractivity contribution < 1.29 is 9.53 Å². The fraction of sp³-hybridized carbons (Fsp3) is 0.417. The second kappa shape index (κ2) is 4.44. The van der Waals surface area contributed by atoms with Crippen molar-refractivity contribution in [3.05, 3.63) is 28.3 Å². The second-order valence-corrected chi connectivity index (χ2v) is 4.43. The van der Waals surface area contributed by atoms with Crippen molar-refractivity contribution in [3.8, 4) is 5.75 Å². The minimum absolute atomic E-state index is 0.100. The summed E-state index contributed by atoms with van der Waals surface area (Å²) in [6, 6.07) is 3.51. The van der Waals surface area contributed by atoms with E-state index in [9.17, 15) is 4.79 Å². The van der Waals surface area contributed by atoms with Crippen LogP contribution in [0.2, 0.25) is 5.02 Å². The summed E-state index contributed by atoms with van der Waals surface area (Å²) in [6.07, 6.45) is 0. The number of halogens is 1. The van der Waals surface area contributed by atoms with E-state index in [1.807, 2.05) is 13.0 Å². The molecule has 0 saturated carbocycles. The molecule has 0 spiro atoms. The number of carbonyl (C=O) groups excluding carboxylic acids is 1. The van der Waals surface area contributed by atoms with Gasteiger partial charge in [-0.05, 0) is 24.6 Å². The van der Waals surface area contributed by atoms with Crippen molar-refractivity contribution in [2.45, 2.75) is 6.92 Å². The summed E-state index contributed by atoms with van der Waals surface area (Å²) >= 11 is 6.02. The van der Waals surface area contributed by atoms with Crippen LogP contribution in [0.1, 0.15) is 15.9 Å². The number of hydrogen-bond acceptors (Lipinski definition) is 3. The van der Waals surface area contributed by atoms with Crippen molar-refractivity contribution in [1.82, 2.24) is 5.32 Å². The van der Waals surface area contributed by atoms with Gasteiger partial charge in [0.2, 0.25) is 0 Å². The van der Waals surface area contributed by atoms with Crippen LogP contribution in [0.25, 0.3) is 0 Å². The van der Waals surface area contributed by atoms with Crippen LogP contribution in [-0.4, -0.2) is 26.0 Å². The van der Waals surface area contributed by atoms with Gasteiger partial charge in [0.15, 0.2) is 5.78 Å². The number of benzene rings is 1. The SMILES string of the molecule is COc1cc(C)c(C(=O)C2CNC2)cc1Cl. The molecular weight excluding hydrogens is 226 g/mol. The Morgan fingerprint density at radius 1 is 1.50 bits per heavy atom. The fourth-order valence-corrected chi connectivity index (χ4v) is 2.01. The summed E-state index contributed by atoms with van der Waals surface area (Å²) in [6.45, 7) is 3.43. The van der Waals surface area contributed by atoms with Gasteiger partial charge in [0.25, 0.3) is 0 Å². The first-order valence-corrected chi connectivity index (χ1v) is 5.60. The Labute approximate surface area is 99.7 Å². The van der Waals surface area contributed by atoms with Gasteiger partial charge in [-0.3, -0.25) is 4.79 Å². The molecule has 4 heteroatoms. The van der Waals surface area contributed by atoms with Crippen molar-refractivity contribution in [3.63, 3.8) is 0 Å². The van der Waals surface area contributed by atoms with Crippen LogP contribution >= 0.6 is 11.6 Å². The molecular formula is C12H14ClNO2.